The van der Waals surface area contributed by atoms with Crippen molar-refractivity contribution >= 4 is 17.6 Å². The highest BCUT2D eigenvalue weighted by Gasteiger charge is 2.08. The first kappa shape index (κ1) is 13.6. The molecule has 3 N–H and O–H groups in total. The number of benzene rings is 2. The molecule has 0 saturated carbocycles. The fourth-order valence-electron chi connectivity index (χ4n) is 1.77. The van der Waals surface area contributed by atoms with E-state index in [2.05, 4.69) is 19.1 Å². The first-order valence-electron chi connectivity index (χ1n) is 5.89. The van der Waals surface area contributed by atoms with Gasteiger partial charge in [0.05, 0.1) is 0 Å². The first-order valence-corrected chi connectivity index (χ1v) is 6.87. The van der Waals surface area contributed by atoms with Crippen LogP contribution in [0.15, 0.2) is 47.4 Å². The molecule has 0 saturated heterocycles. The highest BCUT2D eigenvalue weighted by atomic mass is 32.2. The third-order valence-corrected chi connectivity index (χ3v) is 4.00. The van der Waals surface area contributed by atoms with Gasteiger partial charge in [-0.1, -0.05) is 24.3 Å². The molecule has 0 fully saturated rings. The van der Waals surface area contributed by atoms with Crippen LogP contribution in [-0.4, -0.2) is 5.84 Å². The van der Waals surface area contributed by atoms with Crippen LogP contribution in [0.3, 0.4) is 0 Å². The van der Waals surface area contributed by atoms with Gasteiger partial charge in [-0.25, -0.2) is 4.39 Å². The van der Waals surface area contributed by atoms with Crippen LogP contribution in [0, 0.1) is 18.2 Å². The first-order chi connectivity index (χ1) is 9.08. The lowest BCUT2D eigenvalue weighted by molar-refractivity contribution is 0.626. The SMILES string of the molecule is Cc1ccccc1CSc1ccc(F)cc1C(=N)N. The number of nitrogens with two attached hydrogens (primary N) is 1. The van der Waals surface area contributed by atoms with Crippen LogP contribution in [0.4, 0.5) is 4.39 Å². The second-order valence-electron chi connectivity index (χ2n) is 4.27. The van der Waals surface area contributed by atoms with Crippen LogP contribution >= 0.6 is 11.8 Å². The summed E-state index contributed by atoms with van der Waals surface area (Å²) in [5.41, 5.74) is 8.39. The van der Waals surface area contributed by atoms with Crippen molar-refractivity contribution in [2.75, 3.05) is 0 Å². The van der Waals surface area contributed by atoms with Crippen molar-refractivity contribution in [3.8, 4) is 0 Å². The van der Waals surface area contributed by atoms with E-state index in [1.54, 1.807) is 17.8 Å². The summed E-state index contributed by atoms with van der Waals surface area (Å²) in [6.07, 6.45) is 0. The maximum atomic E-state index is 13.2. The minimum Gasteiger partial charge on any atom is -0.384 e. The Morgan fingerprint density at radius 3 is 2.68 bits per heavy atom. The van der Waals surface area contributed by atoms with Gasteiger partial charge in [0.1, 0.15) is 11.7 Å². The van der Waals surface area contributed by atoms with Crippen LogP contribution in [0.5, 0.6) is 0 Å². The summed E-state index contributed by atoms with van der Waals surface area (Å²) < 4.78 is 13.2. The lowest BCUT2D eigenvalue weighted by Gasteiger charge is -2.09. The molecule has 2 aromatic carbocycles. The van der Waals surface area contributed by atoms with Gasteiger partial charge in [0.2, 0.25) is 0 Å². The van der Waals surface area contributed by atoms with Crippen molar-refractivity contribution in [1.82, 2.24) is 0 Å². The normalized spacial score (nSPS) is 10.4. The number of rotatable bonds is 4. The van der Waals surface area contributed by atoms with E-state index in [-0.39, 0.29) is 11.7 Å². The molecule has 0 aliphatic carbocycles. The average Bonchev–Trinajstić information content (AvgIpc) is 2.38. The van der Waals surface area contributed by atoms with E-state index in [1.807, 2.05) is 12.1 Å². The van der Waals surface area contributed by atoms with Crippen molar-refractivity contribution in [3.05, 3.63) is 65.0 Å². The number of nitrogen functional groups attached to an aromatic ring is 1. The van der Waals surface area contributed by atoms with Crippen LogP contribution in [-0.2, 0) is 5.75 Å². The lowest BCUT2D eigenvalue weighted by atomic mass is 10.1. The Morgan fingerprint density at radius 1 is 1.26 bits per heavy atom. The molecule has 0 amide bonds. The Morgan fingerprint density at radius 2 is 2.00 bits per heavy atom. The Bertz CT molecular complexity index is 611. The molecule has 2 rings (SSSR count). The zero-order valence-corrected chi connectivity index (χ0v) is 11.4. The van der Waals surface area contributed by atoms with Gasteiger partial charge in [-0.05, 0) is 36.2 Å². The third-order valence-electron chi connectivity index (χ3n) is 2.88. The van der Waals surface area contributed by atoms with E-state index < -0.39 is 0 Å². The number of aryl methyl sites for hydroxylation is 1. The minimum absolute atomic E-state index is 0.105. The number of thioether (sulfide) groups is 1. The topological polar surface area (TPSA) is 49.9 Å². The summed E-state index contributed by atoms with van der Waals surface area (Å²) in [7, 11) is 0. The molecule has 19 heavy (non-hydrogen) atoms. The molecular formula is C15H15FN2S. The van der Waals surface area contributed by atoms with Crippen molar-refractivity contribution in [1.29, 1.82) is 5.41 Å². The molecule has 0 aliphatic rings. The van der Waals surface area contributed by atoms with E-state index in [0.29, 0.717) is 5.56 Å². The maximum absolute atomic E-state index is 13.2. The van der Waals surface area contributed by atoms with Crippen molar-refractivity contribution < 1.29 is 4.39 Å². The third kappa shape index (κ3) is 3.35. The highest BCUT2D eigenvalue weighted by molar-refractivity contribution is 7.98. The van der Waals surface area contributed by atoms with E-state index in [0.717, 1.165) is 10.6 Å². The van der Waals surface area contributed by atoms with Crippen LogP contribution in [0.1, 0.15) is 16.7 Å². The fourth-order valence-corrected chi connectivity index (χ4v) is 2.89. The molecular weight excluding hydrogens is 259 g/mol. The van der Waals surface area contributed by atoms with Gasteiger partial charge in [0.15, 0.2) is 0 Å². The molecule has 0 aliphatic heterocycles. The van der Waals surface area contributed by atoms with E-state index in [4.69, 9.17) is 11.1 Å². The van der Waals surface area contributed by atoms with Gasteiger partial charge in [-0.2, -0.15) is 0 Å². The van der Waals surface area contributed by atoms with Crippen LogP contribution in [0.2, 0.25) is 0 Å². The summed E-state index contributed by atoms with van der Waals surface area (Å²) in [4.78, 5) is 0.831. The predicted molar refractivity (Wildman–Crippen MR) is 78.2 cm³/mol. The van der Waals surface area contributed by atoms with Crippen LogP contribution in [0.25, 0.3) is 0 Å². The molecule has 0 atom stereocenters. The lowest BCUT2D eigenvalue weighted by Crippen LogP contribution is -2.12. The van der Waals surface area contributed by atoms with Gasteiger partial charge >= 0.3 is 0 Å². The zero-order chi connectivity index (χ0) is 13.8. The molecule has 0 bridgehead atoms. The van der Waals surface area contributed by atoms with E-state index >= 15 is 0 Å². The predicted octanol–water partition coefficient (Wildman–Crippen LogP) is 3.71. The highest BCUT2D eigenvalue weighted by Crippen LogP contribution is 2.27. The molecule has 0 unspecified atom stereocenters. The Labute approximate surface area is 116 Å². The monoisotopic (exact) mass is 274 g/mol. The number of nitrogens with one attached hydrogen (secondary N) is 1. The van der Waals surface area contributed by atoms with Crippen LogP contribution < -0.4 is 5.73 Å². The minimum atomic E-state index is -0.370. The summed E-state index contributed by atoms with van der Waals surface area (Å²) in [6, 6.07) is 12.5. The number of halogens is 1. The second kappa shape index (κ2) is 5.89. The van der Waals surface area contributed by atoms with Gasteiger partial charge in [0, 0.05) is 16.2 Å². The van der Waals surface area contributed by atoms with Crippen molar-refractivity contribution in [2.24, 2.45) is 5.73 Å². The summed E-state index contributed by atoms with van der Waals surface area (Å²) >= 11 is 1.56. The Hall–Kier alpha value is -1.81. The molecule has 0 aromatic heterocycles. The smallest absolute Gasteiger partial charge is 0.124 e. The second-order valence-corrected chi connectivity index (χ2v) is 5.29. The summed E-state index contributed by atoms with van der Waals surface area (Å²) in [5.74, 6) is 0.302. The zero-order valence-electron chi connectivity index (χ0n) is 10.6. The molecule has 0 spiro atoms. The Kier molecular flexibility index (Phi) is 4.22. The molecule has 2 nitrogen and oxygen atoms in total. The average molecular weight is 274 g/mol. The maximum Gasteiger partial charge on any atom is 0.124 e. The quantitative estimate of drug-likeness (QED) is 0.507. The summed E-state index contributed by atoms with van der Waals surface area (Å²) in [6.45, 7) is 2.06. The number of amidine groups is 1. The summed E-state index contributed by atoms with van der Waals surface area (Å²) in [5, 5.41) is 7.50. The van der Waals surface area contributed by atoms with Gasteiger partial charge in [-0.3, -0.25) is 5.41 Å². The van der Waals surface area contributed by atoms with Gasteiger partial charge in [-0.15, -0.1) is 11.8 Å². The molecule has 0 radical (unpaired) electrons. The standard InChI is InChI=1S/C15H15FN2S/c1-10-4-2-3-5-11(10)9-19-14-7-6-12(16)8-13(14)15(17)18/h2-8H,9H2,1H3,(H3,17,18). The van der Waals surface area contributed by atoms with E-state index in [1.165, 1.54) is 23.3 Å². The van der Waals surface area contributed by atoms with Gasteiger partial charge < -0.3 is 5.73 Å². The van der Waals surface area contributed by atoms with Crippen molar-refractivity contribution in [3.63, 3.8) is 0 Å². The molecule has 2 aromatic rings. The fraction of sp³-hybridized carbons (Fsp3) is 0.133. The van der Waals surface area contributed by atoms with Gasteiger partial charge in [0.25, 0.3) is 0 Å². The number of hydrogen-bond donors (Lipinski definition) is 2. The van der Waals surface area contributed by atoms with E-state index in [9.17, 15) is 4.39 Å². The van der Waals surface area contributed by atoms with Crippen molar-refractivity contribution in [2.45, 2.75) is 17.6 Å². The number of hydrogen-bond acceptors (Lipinski definition) is 2. The largest absolute Gasteiger partial charge is 0.384 e. The molecule has 98 valence electrons. The molecule has 4 heteroatoms. The molecule has 0 heterocycles. The Balaban J connectivity index is 2.20.